The zero-order valence-electron chi connectivity index (χ0n) is 20.9. The van der Waals surface area contributed by atoms with E-state index in [1.165, 1.54) is 0 Å². The van der Waals surface area contributed by atoms with Crippen LogP contribution >= 0.6 is 15.9 Å². The Kier molecular flexibility index (Phi) is 11.4. The number of hydrogen-bond acceptors (Lipinski definition) is 4. The van der Waals surface area contributed by atoms with Crippen molar-refractivity contribution >= 4 is 27.7 Å². The molecule has 1 N–H and O–H groups in total. The second-order valence-corrected chi connectivity index (χ2v) is 9.21. The lowest BCUT2D eigenvalue weighted by atomic mass is 10.1. The summed E-state index contributed by atoms with van der Waals surface area (Å²) in [5.41, 5.74) is 1.95. The molecule has 0 aliphatic carbocycles. The van der Waals surface area contributed by atoms with Gasteiger partial charge in [-0.1, -0.05) is 41.1 Å². The van der Waals surface area contributed by atoms with E-state index >= 15 is 0 Å². The Morgan fingerprint density at radius 3 is 2.32 bits per heavy atom. The van der Waals surface area contributed by atoms with Crippen molar-refractivity contribution in [2.75, 3.05) is 13.2 Å². The SMILES string of the molecule is CCOc1ccc(CCC(=O)N(Cc2cccc(Br)c2)[C@H](C)C(=O)N[C@@H](C)CC)cc1OCC. The van der Waals surface area contributed by atoms with Crippen LogP contribution in [0.1, 0.15) is 58.6 Å². The minimum Gasteiger partial charge on any atom is -0.490 e. The number of ether oxygens (including phenoxy) is 2. The normalized spacial score (nSPS) is 12.5. The van der Waals surface area contributed by atoms with E-state index in [-0.39, 0.29) is 24.3 Å². The molecule has 186 valence electrons. The Morgan fingerprint density at radius 1 is 0.971 bits per heavy atom. The fourth-order valence-electron chi connectivity index (χ4n) is 3.53. The zero-order chi connectivity index (χ0) is 25.1. The van der Waals surface area contributed by atoms with Gasteiger partial charge in [0.15, 0.2) is 11.5 Å². The summed E-state index contributed by atoms with van der Waals surface area (Å²) in [5, 5.41) is 3.00. The highest BCUT2D eigenvalue weighted by molar-refractivity contribution is 9.10. The lowest BCUT2D eigenvalue weighted by Gasteiger charge is -2.30. The molecule has 0 aliphatic rings. The van der Waals surface area contributed by atoms with Gasteiger partial charge in [-0.15, -0.1) is 0 Å². The van der Waals surface area contributed by atoms with Crippen LogP contribution in [0.15, 0.2) is 46.9 Å². The molecule has 2 atom stereocenters. The molecule has 0 aliphatic heterocycles. The van der Waals surface area contributed by atoms with E-state index in [2.05, 4.69) is 21.2 Å². The minimum absolute atomic E-state index is 0.0543. The maximum absolute atomic E-state index is 13.4. The van der Waals surface area contributed by atoms with Crippen molar-refractivity contribution in [2.45, 2.75) is 72.5 Å². The quantitative estimate of drug-likeness (QED) is 0.369. The Labute approximate surface area is 212 Å². The summed E-state index contributed by atoms with van der Waals surface area (Å²) in [6.07, 6.45) is 1.66. The molecule has 2 rings (SSSR count). The zero-order valence-corrected chi connectivity index (χ0v) is 22.5. The van der Waals surface area contributed by atoms with Crippen LogP contribution in [0.3, 0.4) is 0 Å². The van der Waals surface area contributed by atoms with Crippen molar-refractivity contribution in [2.24, 2.45) is 0 Å². The molecule has 2 amide bonds. The molecule has 34 heavy (non-hydrogen) atoms. The first-order chi connectivity index (χ1) is 16.3. The third-order valence-corrected chi connectivity index (χ3v) is 6.14. The van der Waals surface area contributed by atoms with Crippen molar-refractivity contribution in [3.05, 3.63) is 58.1 Å². The van der Waals surface area contributed by atoms with Crippen molar-refractivity contribution in [3.63, 3.8) is 0 Å². The number of nitrogens with one attached hydrogen (secondary N) is 1. The lowest BCUT2D eigenvalue weighted by molar-refractivity contribution is -0.140. The summed E-state index contributed by atoms with van der Waals surface area (Å²) in [4.78, 5) is 27.9. The molecule has 0 spiro atoms. The molecule has 0 saturated heterocycles. The van der Waals surface area contributed by atoms with Crippen LogP contribution in [0, 0.1) is 0 Å². The molecule has 0 aromatic heterocycles. The van der Waals surface area contributed by atoms with Gasteiger partial charge in [0.25, 0.3) is 0 Å². The first kappa shape index (κ1) is 27.7. The number of aryl methyl sites for hydroxylation is 1. The highest BCUT2D eigenvalue weighted by Crippen LogP contribution is 2.29. The van der Waals surface area contributed by atoms with Gasteiger partial charge in [-0.25, -0.2) is 0 Å². The first-order valence-electron chi connectivity index (χ1n) is 12.0. The van der Waals surface area contributed by atoms with E-state index < -0.39 is 6.04 Å². The Bertz CT molecular complexity index is 950. The Morgan fingerprint density at radius 2 is 1.68 bits per heavy atom. The number of halogens is 1. The average Bonchev–Trinajstić information content (AvgIpc) is 2.82. The molecule has 2 aromatic carbocycles. The van der Waals surface area contributed by atoms with Gasteiger partial charge in [-0.2, -0.15) is 0 Å². The number of carbonyl (C=O) groups is 2. The van der Waals surface area contributed by atoms with Crippen molar-refractivity contribution in [1.82, 2.24) is 10.2 Å². The minimum atomic E-state index is -0.584. The molecule has 2 aromatic rings. The Hall–Kier alpha value is -2.54. The summed E-state index contributed by atoms with van der Waals surface area (Å²) in [6.45, 7) is 11.1. The maximum Gasteiger partial charge on any atom is 0.242 e. The maximum atomic E-state index is 13.4. The van der Waals surface area contributed by atoms with E-state index in [9.17, 15) is 9.59 Å². The number of nitrogens with zero attached hydrogens (tertiary/aromatic N) is 1. The topological polar surface area (TPSA) is 67.9 Å². The van der Waals surface area contributed by atoms with Gasteiger partial charge in [0, 0.05) is 23.5 Å². The van der Waals surface area contributed by atoms with Crippen LogP contribution in [0.5, 0.6) is 11.5 Å². The molecule has 0 unspecified atom stereocenters. The third kappa shape index (κ3) is 8.35. The molecule has 7 heteroatoms. The van der Waals surface area contributed by atoms with Gasteiger partial charge >= 0.3 is 0 Å². The van der Waals surface area contributed by atoms with Gasteiger partial charge in [-0.05, 0) is 75.9 Å². The fraction of sp³-hybridized carbons (Fsp3) is 0.481. The van der Waals surface area contributed by atoms with E-state index in [0.717, 1.165) is 22.0 Å². The van der Waals surface area contributed by atoms with Gasteiger partial charge in [-0.3, -0.25) is 9.59 Å². The molecule has 0 fully saturated rings. The summed E-state index contributed by atoms with van der Waals surface area (Å²) < 4.78 is 12.3. The predicted molar refractivity (Wildman–Crippen MR) is 139 cm³/mol. The second-order valence-electron chi connectivity index (χ2n) is 8.29. The van der Waals surface area contributed by atoms with E-state index in [0.29, 0.717) is 37.7 Å². The van der Waals surface area contributed by atoms with Crippen molar-refractivity contribution in [1.29, 1.82) is 0 Å². The van der Waals surface area contributed by atoms with Gasteiger partial charge in [0.2, 0.25) is 11.8 Å². The highest BCUT2D eigenvalue weighted by atomic mass is 79.9. The number of benzene rings is 2. The fourth-order valence-corrected chi connectivity index (χ4v) is 3.97. The molecule has 0 radical (unpaired) electrons. The number of amides is 2. The monoisotopic (exact) mass is 532 g/mol. The Balaban J connectivity index is 2.18. The smallest absolute Gasteiger partial charge is 0.242 e. The largest absolute Gasteiger partial charge is 0.490 e. The average molecular weight is 534 g/mol. The number of hydrogen-bond donors (Lipinski definition) is 1. The van der Waals surface area contributed by atoms with Crippen molar-refractivity contribution in [3.8, 4) is 11.5 Å². The molecule has 0 bridgehead atoms. The van der Waals surface area contributed by atoms with Crippen LogP contribution in [0.2, 0.25) is 0 Å². The van der Waals surface area contributed by atoms with Crippen molar-refractivity contribution < 1.29 is 19.1 Å². The molecule has 6 nitrogen and oxygen atoms in total. The molecular formula is C27H37BrN2O4. The van der Waals surface area contributed by atoms with Gasteiger partial charge in [0.05, 0.1) is 13.2 Å². The van der Waals surface area contributed by atoms with Gasteiger partial charge in [0.1, 0.15) is 6.04 Å². The van der Waals surface area contributed by atoms with E-state index in [4.69, 9.17) is 9.47 Å². The molecular weight excluding hydrogens is 496 g/mol. The van der Waals surface area contributed by atoms with Crippen LogP contribution in [-0.4, -0.2) is 42.0 Å². The summed E-state index contributed by atoms with van der Waals surface area (Å²) >= 11 is 3.49. The third-order valence-electron chi connectivity index (χ3n) is 5.65. The highest BCUT2D eigenvalue weighted by Gasteiger charge is 2.26. The standard InChI is InChI=1S/C27H37BrN2O4/c1-6-19(4)29-27(32)20(5)30(18-22-10-9-11-23(28)16-22)26(31)15-13-21-12-14-24(33-7-2)25(17-21)34-8-3/h9-12,14,16-17,19-20H,6-8,13,15,18H2,1-5H3,(H,29,32)/t19-,20+/m0/s1. The number of rotatable bonds is 13. The summed E-state index contributed by atoms with van der Waals surface area (Å²) in [5.74, 6) is 1.17. The number of carbonyl (C=O) groups excluding carboxylic acids is 2. The van der Waals surface area contributed by atoms with Gasteiger partial charge < -0.3 is 19.7 Å². The second kappa shape index (κ2) is 14.0. The molecule has 0 saturated carbocycles. The van der Waals surface area contributed by atoms with Crippen LogP contribution in [-0.2, 0) is 22.6 Å². The summed E-state index contributed by atoms with van der Waals surface area (Å²) in [7, 11) is 0. The first-order valence-corrected chi connectivity index (χ1v) is 12.8. The molecule has 0 heterocycles. The van der Waals surface area contributed by atoms with Crippen LogP contribution in [0.4, 0.5) is 0 Å². The van der Waals surface area contributed by atoms with E-state index in [1.807, 2.05) is 70.2 Å². The lowest BCUT2D eigenvalue weighted by Crippen LogP contribution is -2.49. The summed E-state index contributed by atoms with van der Waals surface area (Å²) in [6, 6.07) is 13.1. The van der Waals surface area contributed by atoms with Crippen LogP contribution < -0.4 is 14.8 Å². The predicted octanol–water partition coefficient (Wildman–Crippen LogP) is 5.51. The van der Waals surface area contributed by atoms with Crippen LogP contribution in [0.25, 0.3) is 0 Å². The van der Waals surface area contributed by atoms with E-state index in [1.54, 1.807) is 11.8 Å².